The zero-order valence-electron chi connectivity index (χ0n) is 30.9. The molecule has 11 aromatic rings. The molecule has 3 heterocycles. The number of nitrogens with zero attached hydrogens (tertiary/aromatic N) is 4. The minimum atomic E-state index is 0.906. The molecule has 4 heteroatoms. The maximum atomic E-state index is 5.43. The van der Waals surface area contributed by atoms with Gasteiger partial charge in [-0.2, -0.15) is 5.10 Å². The lowest BCUT2D eigenvalue weighted by molar-refractivity contribution is 0.918. The van der Waals surface area contributed by atoms with Gasteiger partial charge in [0, 0.05) is 38.2 Å². The predicted octanol–water partition coefficient (Wildman–Crippen LogP) is 13.6. The third-order valence-electron chi connectivity index (χ3n) is 11.0. The SMILES string of the molecule is c1ccc(-c2ccc3ccc4ccc(-c5ccc(-c6cccc(-n7nc(-c8ccccc8)c8c(-c9ccccc9)cc9ccccc9c87)c6)cc5)nc4c3n2)cc1. The van der Waals surface area contributed by atoms with Crippen LogP contribution in [0.3, 0.4) is 0 Å². The topological polar surface area (TPSA) is 43.6 Å². The third kappa shape index (κ3) is 5.74. The summed E-state index contributed by atoms with van der Waals surface area (Å²) in [6.07, 6.45) is 0. The molecule has 57 heavy (non-hydrogen) atoms. The van der Waals surface area contributed by atoms with Crippen LogP contribution in [-0.2, 0) is 0 Å². The molecule has 0 fully saturated rings. The van der Waals surface area contributed by atoms with E-state index in [1.165, 1.54) is 21.9 Å². The summed E-state index contributed by atoms with van der Waals surface area (Å²) in [7, 11) is 0. The first-order valence-corrected chi connectivity index (χ1v) is 19.3. The van der Waals surface area contributed by atoms with Gasteiger partial charge in [-0.25, -0.2) is 14.6 Å². The monoisotopic (exact) mass is 726 g/mol. The molecule has 0 amide bonds. The Morgan fingerprint density at radius 1 is 0.351 bits per heavy atom. The van der Waals surface area contributed by atoms with Gasteiger partial charge >= 0.3 is 0 Å². The largest absolute Gasteiger partial charge is 0.245 e. The molecule has 0 aliphatic heterocycles. The van der Waals surface area contributed by atoms with Crippen molar-refractivity contribution in [2.75, 3.05) is 0 Å². The van der Waals surface area contributed by atoms with E-state index in [9.17, 15) is 0 Å². The minimum Gasteiger partial charge on any atom is -0.245 e. The Balaban J connectivity index is 1.01. The minimum absolute atomic E-state index is 0.906. The van der Waals surface area contributed by atoms with E-state index in [-0.39, 0.29) is 0 Å². The van der Waals surface area contributed by atoms with Crippen molar-refractivity contribution < 1.29 is 0 Å². The highest BCUT2D eigenvalue weighted by Crippen LogP contribution is 2.42. The standard InChI is InChI=1S/C53H34N4/c1-4-13-36(14-5-1)46-34-43-19-10-11-22-45(43)53-49(46)50(39-17-8-3-9-18-39)56-57(53)44-21-12-20-42(33-44)35-23-25-38(26-24-35)48-32-30-41-28-27-40-29-31-47(37-15-6-2-7-16-37)54-51(40)52(41)55-48/h1-34H. The maximum absolute atomic E-state index is 5.43. The smallest absolute Gasteiger partial charge is 0.101 e. The van der Waals surface area contributed by atoms with Crippen molar-refractivity contribution in [1.29, 1.82) is 0 Å². The lowest BCUT2D eigenvalue weighted by Crippen LogP contribution is -1.98. The van der Waals surface area contributed by atoms with Crippen LogP contribution in [0, 0.1) is 0 Å². The van der Waals surface area contributed by atoms with Gasteiger partial charge in [-0.1, -0.05) is 176 Å². The molecule has 0 aliphatic rings. The fraction of sp³-hybridized carbons (Fsp3) is 0. The molecule has 0 atom stereocenters. The van der Waals surface area contributed by atoms with Gasteiger partial charge in [0.05, 0.1) is 33.6 Å². The van der Waals surface area contributed by atoms with Crippen molar-refractivity contribution in [2.45, 2.75) is 0 Å². The summed E-state index contributed by atoms with van der Waals surface area (Å²) in [4.78, 5) is 10.3. The van der Waals surface area contributed by atoms with Crippen LogP contribution in [-0.4, -0.2) is 19.7 Å². The van der Waals surface area contributed by atoms with E-state index in [4.69, 9.17) is 15.1 Å². The molecular weight excluding hydrogens is 693 g/mol. The van der Waals surface area contributed by atoms with Gasteiger partial charge in [0.25, 0.3) is 0 Å². The van der Waals surface area contributed by atoms with E-state index in [0.717, 1.165) is 83.3 Å². The van der Waals surface area contributed by atoms with Crippen molar-refractivity contribution >= 4 is 43.5 Å². The zero-order chi connectivity index (χ0) is 37.7. The van der Waals surface area contributed by atoms with Gasteiger partial charge in [0.1, 0.15) is 5.69 Å². The Morgan fingerprint density at radius 3 is 1.54 bits per heavy atom. The van der Waals surface area contributed by atoms with E-state index >= 15 is 0 Å². The third-order valence-corrected chi connectivity index (χ3v) is 11.0. The lowest BCUT2D eigenvalue weighted by Gasteiger charge is -2.12. The molecule has 0 unspecified atom stereocenters. The van der Waals surface area contributed by atoms with Gasteiger partial charge < -0.3 is 0 Å². The molecule has 8 aromatic carbocycles. The van der Waals surface area contributed by atoms with Crippen LogP contribution >= 0.6 is 0 Å². The van der Waals surface area contributed by atoms with Gasteiger partial charge in [-0.3, -0.25) is 0 Å². The highest BCUT2D eigenvalue weighted by atomic mass is 15.3. The Bertz CT molecular complexity index is 3260. The van der Waals surface area contributed by atoms with Gasteiger partial charge in [-0.05, 0) is 58.0 Å². The summed E-state index contributed by atoms with van der Waals surface area (Å²) in [5.74, 6) is 0. The van der Waals surface area contributed by atoms with E-state index in [1.807, 2.05) is 18.2 Å². The number of hydrogen-bond acceptors (Lipinski definition) is 3. The van der Waals surface area contributed by atoms with Crippen LogP contribution in [0.25, 0.3) is 105 Å². The van der Waals surface area contributed by atoms with E-state index < -0.39 is 0 Å². The summed E-state index contributed by atoms with van der Waals surface area (Å²) in [6.45, 7) is 0. The van der Waals surface area contributed by atoms with E-state index in [1.54, 1.807) is 0 Å². The van der Waals surface area contributed by atoms with E-state index in [0.29, 0.717) is 0 Å². The number of aromatic nitrogens is 4. The number of benzene rings is 8. The number of pyridine rings is 2. The highest BCUT2D eigenvalue weighted by molar-refractivity contribution is 6.17. The predicted molar refractivity (Wildman–Crippen MR) is 236 cm³/mol. The van der Waals surface area contributed by atoms with Gasteiger partial charge in [0.15, 0.2) is 0 Å². The molecule has 0 spiro atoms. The molecule has 11 rings (SSSR count). The molecule has 0 bridgehead atoms. The average molecular weight is 727 g/mol. The first kappa shape index (κ1) is 32.7. The summed E-state index contributed by atoms with van der Waals surface area (Å²) >= 11 is 0. The van der Waals surface area contributed by atoms with Crippen molar-refractivity contribution in [1.82, 2.24) is 19.7 Å². The molecule has 4 nitrogen and oxygen atoms in total. The number of fused-ring (bicyclic) bond motifs is 6. The first-order valence-electron chi connectivity index (χ1n) is 19.3. The Kier molecular flexibility index (Phi) is 7.78. The second-order valence-electron chi connectivity index (χ2n) is 14.5. The van der Waals surface area contributed by atoms with Crippen LogP contribution < -0.4 is 0 Å². The summed E-state index contributed by atoms with van der Waals surface area (Å²) in [5, 5.41) is 11.1. The quantitative estimate of drug-likeness (QED) is 0.160. The molecular formula is C53H34N4. The van der Waals surface area contributed by atoms with Crippen LogP contribution in [0.2, 0.25) is 0 Å². The highest BCUT2D eigenvalue weighted by Gasteiger charge is 2.21. The van der Waals surface area contributed by atoms with Crippen LogP contribution in [0.15, 0.2) is 206 Å². The van der Waals surface area contributed by atoms with Crippen molar-refractivity contribution in [3.63, 3.8) is 0 Å². The fourth-order valence-electron chi connectivity index (χ4n) is 8.17. The Hall–Kier alpha value is -7.69. The summed E-state index contributed by atoms with van der Waals surface area (Å²) in [6, 6.07) is 72.6. The van der Waals surface area contributed by atoms with Crippen molar-refractivity contribution in [3.05, 3.63) is 206 Å². The van der Waals surface area contributed by atoms with Gasteiger partial charge in [0.2, 0.25) is 0 Å². The van der Waals surface area contributed by atoms with Crippen LogP contribution in [0.5, 0.6) is 0 Å². The molecule has 0 radical (unpaired) electrons. The molecule has 0 saturated carbocycles. The van der Waals surface area contributed by atoms with Crippen LogP contribution in [0.4, 0.5) is 0 Å². The Morgan fingerprint density at radius 2 is 0.877 bits per heavy atom. The molecule has 0 N–H and O–H groups in total. The van der Waals surface area contributed by atoms with E-state index in [2.05, 4.69) is 193 Å². The number of rotatable bonds is 6. The molecule has 0 saturated heterocycles. The second-order valence-corrected chi connectivity index (χ2v) is 14.5. The average Bonchev–Trinajstić information content (AvgIpc) is 3.71. The summed E-state index contributed by atoms with van der Waals surface area (Å²) < 4.78 is 2.14. The number of hydrogen-bond donors (Lipinski definition) is 0. The lowest BCUT2D eigenvalue weighted by atomic mass is 9.94. The van der Waals surface area contributed by atoms with Crippen molar-refractivity contribution in [3.8, 4) is 61.7 Å². The zero-order valence-corrected chi connectivity index (χ0v) is 30.9. The van der Waals surface area contributed by atoms with Crippen LogP contribution in [0.1, 0.15) is 0 Å². The van der Waals surface area contributed by atoms with Crippen molar-refractivity contribution in [2.24, 2.45) is 0 Å². The molecule has 0 aliphatic carbocycles. The molecule has 266 valence electrons. The first-order chi connectivity index (χ1) is 28.2. The summed E-state index contributed by atoms with van der Waals surface area (Å²) in [5.41, 5.74) is 14.5. The van der Waals surface area contributed by atoms with Gasteiger partial charge in [-0.15, -0.1) is 0 Å². The fourth-order valence-corrected chi connectivity index (χ4v) is 8.17. The normalized spacial score (nSPS) is 11.5. The Labute approximate surface area is 330 Å². The second kappa shape index (κ2) is 13.6. The molecule has 3 aromatic heterocycles. The maximum Gasteiger partial charge on any atom is 0.101 e.